The molecule has 0 spiro atoms. The van der Waals surface area contributed by atoms with Crippen LogP contribution in [0.2, 0.25) is 0 Å². The molecule has 0 aliphatic carbocycles. The normalized spacial score (nSPS) is 31.4. The van der Waals surface area contributed by atoms with E-state index in [0.29, 0.717) is 0 Å². The molecule has 76 valence electrons. The maximum atomic E-state index is 3.43. The Morgan fingerprint density at radius 3 is 2.54 bits per heavy atom. The largest absolute Gasteiger partial charge is 0.317 e. The first-order valence-corrected chi connectivity index (χ1v) is 6.54. The second kappa shape index (κ2) is 4.67. The molecule has 0 aromatic rings. The van der Waals surface area contributed by atoms with Crippen molar-refractivity contribution in [3.8, 4) is 0 Å². The SMILES string of the molecule is CN(C1CCNCC1)C1CCSC1. The summed E-state index contributed by atoms with van der Waals surface area (Å²) in [6.07, 6.45) is 4.10. The topological polar surface area (TPSA) is 15.3 Å². The number of nitrogens with zero attached hydrogens (tertiary/aromatic N) is 1. The summed E-state index contributed by atoms with van der Waals surface area (Å²) >= 11 is 2.12. The third-order valence-corrected chi connectivity index (χ3v) is 4.51. The van der Waals surface area contributed by atoms with E-state index in [1.165, 1.54) is 43.9 Å². The van der Waals surface area contributed by atoms with Crippen molar-refractivity contribution >= 4 is 11.8 Å². The molecule has 0 radical (unpaired) electrons. The zero-order valence-electron chi connectivity index (χ0n) is 8.46. The minimum atomic E-state index is 0.852. The van der Waals surface area contributed by atoms with Gasteiger partial charge in [0.1, 0.15) is 0 Å². The van der Waals surface area contributed by atoms with E-state index >= 15 is 0 Å². The molecule has 2 nitrogen and oxygen atoms in total. The van der Waals surface area contributed by atoms with Crippen LogP contribution in [0, 0.1) is 0 Å². The number of hydrogen-bond acceptors (Lipinski definition) is 3. The minimum absolute atomic E-state index is 0.852. The maximum Gasteiger partial charge on any atom is 0.0194 e. The highest BCUT2D eigenvalue weighted by atomic mass is 32.2. The molecule has 0 aromatic heterocycles. The zero-order chi connectivity index (χ0) is 9.10. The number of nitrogens with one attached hydrogen (secondary N) is 1. The summed E-state index contributed by atoms with van der Waals surface area (Å²) in [6.45, 7) is 2.43. The highest BCUT2D eigenvalue weighted by Gasteiger charge is 2.26. The van der Waals surface area contributed by atoms with Crippen molar-refractivity contribution in [2.45, 2.75) is 31.3 Å². The molecule has 2 rings (SSSR count). The van der Waals surface area contributed by atoms with Crippen LogP contribution >= 0.6 is 11.8 Å². The molecule has 1 N–H and O–H groups in total. The van der Waals surface area contributed by atoms with Crippen LogP contribution in [0.1, 0.15) is 19.3 Å². The van der Waals surface area contributed by atoms with Crippen molar-refractivity contribution in [1.29, 1.82) is 0 Å². The molecule has 2 fully saturated rings. The third kappa shape index (κ3) is 2.39. The lowest BCUT2D eigenvalue weighted by Gasteiger charge is -2.35. The molecule has 1 unspecified atom stereocenters. The molecule has 2 heterocycles. The smallest absolute Gasteiger partial charge is 0.0194 e. The first kappa shape index (κ1) is 9.81. The molecule has 1 atom stereocenters. The van der Waals surface area contributed by atoms with Crippen molar-refractivity contribution in [3.63, 3.8) is 0 Å². The van der Waals surface area contributed by atoms with Crippen LogP contribution in [0.15, 0.2) is 0 Å². The Kier molecular flexibility index (Phi) is 3.52. The lowest BCUT2D eigenvalue weighted by Crippen LogP contribution is -2.45. The molecular weight excluding hydrogens is 180 g/mol. The van der Waals surface area contributed by atoms with E-state index in [-0.39, 0.29) is 0 Å². The van der Waals surface area contributed by atoms with Gasteiger partial charge in [-0.1, -0.05) is 0 Å². The molecule has 2 saturated heterocycles. The average molecular weight is 200 g/mol. The molecule has 13 heavy (non-hydrogen) atoms. The van der Waals surface area contributed by atoms with E-state index in [2.05, 4.69) is 29.0 Å². The zero-order valence-corrected chi connectivity index (χ0v) is 9.28. The Balaban J connectivity index is 1.83. The van der Waals surface area contributed by atoms with Gasteiger partial charge < -0.3 is 5.32 Å². The van der Waals surface area contributed by atoms with Gasteiger partial charge in [-0.3, -0.25) is 4.90 Å². The fourth-order valence-corrected chi connectivity index (χ4v) is 3.63. The van der Waals surface area contributed by atoms with Gasteiger partial charge in [0.25, 0.3) is 0 Å². The molecule has 0 bridgehead atoms. The first-order valence-electron chi connectivity index (χ1n) is 5.38. The van der Waals surface area contributed by atoms with Crippen molar-refractivity contribution in [3.05, 3.63) is 0 Å². The van der Waals surface area contributed by atoms with Gasteiger partial charge in [0.2, 0.25) is 0 Å². The summed E-state index contributed by atoms with van der Waals surface area (Å²) in [7, 11) is 2.33. The average Bonchev–Trinajstić information content (AvgIpc) is 2.71. The van der Waals surface area contributed by atoms with Crippen molar-refractivity contribution in [2.75, 3.05) is 31.6 Å². The third-order valence-electron chi connectivity index (χ3n) is 3.37. The van der Waals surface area contributed by atoms with Crippen LogP contribution < -0.4 is 5.32 Å². The molecule has 0 saturated carbocycles. The van der Waals surface area contributed by atoms with Crippen LogP contribution in [-0.4, -0.2) is 48.6 Å². The van der Waals surface area contributed by atoms with E-state index < -0.39 is 0 Å². The Morgan fingerprint density at radius 1 is 1.15 bits per heavy atom. The standard InChI is InChI=1S/C10H20N2S/c1-12(10-4-7-13-8-10)9-2-5-11-6-3-9/h9-11H,2-8H2,1H3. The lowest BCUT2D eigenvalue weighted by molar-refractivity contribution is 0.155. The van der Waals surface area contributed by atoms with Gasteiger partial charge in [0.05, 0.1) is 0 Å². The Hall–Kier alpha value is 0.270. The van der Waals surface area contributed by atoms with Crippen LogP contribution in [0.5, 0.6) is 0 Å². The molecular formula is C10H20N2S. The van der Waals surface area contributed by atoms with E-state index in [4.69, 9.17) is 0 Å². The first-order chi connectivity index (χ1) is 6.38. The monoisotopic (exact) mass is 200 g/mol. The van der Waals surface area contributed by atoms with E-state index in [1.807, 2.05) is 0 Å². The second-order valence-corrected chi connectivity index (χ2v) is 5.31. The van der Waals surface area contributed by atoms with Crippen LogP contribution in [-0.2, 0) is 0 Å². The number of piperidine rings is 1. The van der Waals surface area contributed by atoms with Gasteiger partial charge in [-0.05, 0) is 45.2 Å². The summed E-state index contributed by atoms with van der Waals surface area (Å²) < 4.78 is 0. The highest BCUT2D eigenvalue weighted by Crippen LogP contribution is 2.24. The lowest BCUT2D eigenvalue weighted by atomic mass is 10.0. The number of hydrogen-bond donors (Lipinski definition) is 1. The fourth-order valence-electron chi connectivity index (χ4n) is 2.36. The van der Waals surface area contributed by atoms with Gasteiger partial charge in [0, 0.05) is 17.8 Å². The van der Waals surface area contributed by atoms with Crippen LogP contribution in [0.25, 0.3) is 0 Å². The summed E-state index contributed by atoms with van der Waals surface area (Å²) in [5, 5.41) is 3.43. The van der Waals surface area contributed by atoms with Gasteiger partial charge in [-0.2, -0.15) is 11.8 Å². The summed E-state index contributed by atoms with van der Waals surface area (Å²) in [5.74, 6) is 2.74. The fraction of sp³-hybridized carbons (Fsp3) is 1.00. The highest BCUT2D eigenvalue weighted by molar-refractivity contribution is 7.99. The van der Waals surface area contributed by atoms with Crippen molar-refractivity contribution in [2.24, 2.45) is 0 Å². The second-order valence-electron chi connectivity index (χ2n) is 4.16. The van der Waals surface area contributed by atoms with Gasteiger partial charge >= 0.3 is 0 Å². The Morgan fingerprint density at radius 2 is 1.92 bits per heavy atom. The predicted molar refractivity (Wildman–Crippen MR) is 59.4 cm³/mol. The van der Waals surface area contributed by atoms with Gasteiger partial charge in [0.15, 0.2) is 0 Å². The molecule has 0 aromatic carbocycles. The van der Waals surface area contributed by atoms with Crippen molar-refractivity contribution < 1.29 is 0 Å². The van der Waals surface area contributed by atoms with Crippen LogP contribution in [0.4, 0.5) is 0 Å². The van der Waals surface area contributed by atoms with E-state index in [9.17, 15) is 0 Å². The predicted octanol–water partition coefficient (Wildman–Crippen LogP) is 1.18. The maximum absolute atomic E-state index is 3.43. The Labute approximate surface area is 85.4 Å². The molecule has 0 amide bonds. The Bertz CT molecular complexity index is 151. The quantitative estimate of drug-likeness (QED) is 0.720. The summed E-state index contributed by atoms with van der Waals surface area (Å²) in [4.78, 5) is 2.64. The van der Waals surface area contributed by atoms with E-state index in [0.717, 1.165) is 12.1 Å². The van der Waals surface area contributed by atoms with Crippen molar-refractivity contribution in [1.82, 2.24) is 10.2 Å². The molecule has 2 aliphatic heterocycles. The summed E-state index contributed by atoms with van der Waals surface area (Å²) in [6, 6.07) is 1.72. The molecule has 3 heteroatoms. The van der Waals surface area contributed by atoms with Gasteiger partial charge in [-0.25, -0.2) is 0 Å². The van der Waals surface area contributed by atoms with Crippen LogP contribution in [0.3, 0.4) is 0 Å². The molecule has 2 aliphatic rings. The summed E-state index contributed by atoms with van der Waals surface area (Å²) in [5.41, 5.74) is 0. The number of thioether (sulfide) groups is 1. The van der Waals surface area contributed by atoms with Gasteiger partial charge in [-0.15, -0.1) is 0 Å². The van der Waals surface area contributed by atoms with E-state index in [1.54, 1.807) is 0 Å². The number of rotatable bonds is 2. The minimum Gasteiger partial charge on any atom is -0.317 e.